The smallest absolute Gasteiger partial charge is 0.0543 e. The fourth-order valence-corrected chi connectivity index (χ4v) is 1.76. The Labute approximate surface area is 109 Å². The molecule has 1 rings (SSSR count). The first kappa shape index (κ1) is 14.5. The van der Waals surface area contributed by atoms with Gasteiger partial charge in [0, 0.05) is 30.1 Å². The van der Waals surface area contributed by atoms with Crippen molar-refractivity contribution in [3.05, 3.63) is 34.9 Å². The topological polar surface area (TPSA) is 21.3 Å². The van der Waals surface area contributed by atoms with Gasteiger partial charge in [-0.2, -0.15) is 0 Å². The zero-order chi connectivity index (χ0) is 12.9. The van der Waals surface area contributed by atoms with Crippen LogP contribution in [0.1, 0.15) is 32.3 Å². The Hall–Kier alpha value is -0.570. The molecule has 1 unspecified atom stereocenters. The summed E-state index contributed by atoms with van der Waals surface area (Å²) in [6.45, 7) is 8.11. The zero-order valence-electron chi connectivity index (χ0n) is 11.1. The molecule has 0 bridgehead atoms. The summed E-state index contributed by atoms with van der Waals surface area (Å²) in [4.78, 5) is 0. The Bertz CT molecular complexity index is 329. The molecule has 0 saturated carbocycles. The van der Waals surface area contributed by atoms with E-state index >= 15 is 0 Å². The van der Waals surface area contributed by atoms with Gasteiger partial charge < -0.3 is 10.1 Å². The third kappa shape index (κ3) is 5.53. The molecule has 0 aromatic heterocycles. The molecule has 17 heavy (non-hydrogen) atoms. The van der Waals surface area contributed by atoms with Crippen molar-refractivity contribution in [2.75, 3.05) is 20.3 Å². The van der Waals surface area contributed by atoms with Crippen molar-refractivity contribution in [1.29, 1.82) is 0 Å². The van der Waals surface area contributed by atoms with Crippen molar-refractivity contribution in [2.24, 2.45) is 0 Å². The number of hydrogen-bond donors (Lipinski definition) is 1. The average molecular weight is 256 g/mol. The third-order valence-electron chi connectivity index (χ3n) is 2.59. The molecule has 1 N–H and O–H groups in total. The summed E-state index contributed by atoms with van der Waals surface area (Å²) >= 11 is 5.90. The second-order valence-corrected chi connectivity index (χ2v) is 5.77. The van der Waals surface area contributed by atoms with E-state index in [1.165, 1.54) is 5.56 Å². The van der Waals surface area contributed by atoms with Crippen LogP contribution in [0.5, 0.6) is 0 Å². The molecule has 0 saturated heterocycles. The highest BCUT2D eigenvalue weighted by Gasteiger charge is 2.15. The molecule has 3 heteroatoms. The van der Waals surface area contributed by atoms with Crippen LogP contribution in [0.3, 0.4) is 0 Å². The van der Waals surface area contributed by atoms with Crippen molar-refractivity contribution in [1.82, 2.24) is 5.32 Å². The molecule has 0 aliphatic rings. The lowest BCUT2D eigenvalue weighted by molar-refractivity contribution is 0.174. The van der Waals surface area contributed by atoms with Crippen LogP contribution in [0.15, 0.2) is 24.3 Å². The van der Waals surface area contributed by atoms with E-state index < -0.39 is 0 Å². The number of halogens is 1. The first-order valence-corrected chi connectivity index (χ1v) is 6.29. The van der Waals surface area contributed by atoms with Crippen molar-refractivity contribution in [3.63, 3.8) is 0 Å². The average Bonchev–Trinajstić information content (AvgIpc) is 2.24. The lowest BCUT2D eigenvalue weighted by Crippen LogP contribution is -2.39. The Kier molecular flexibility index (Phi) is 5.44. The molecule has 1 atom stereocenters. The predicted molar refractivity (Wildman–Crippen MR) is 73.8 cm³/mol. The summed E-state index contributed by atoms with van der Waals surface area (Å²) in [5, 5.41) is 4.28. The molecule has 1 aromatic rings. The van der Waals surface area contributed by atoms with Gasteiger partial charge in [0.15, 0.2) is 0 Å². The normalized spacial score (nSPS) is 13.7. The van der Waals surface area contributed by atoms with Gasteiger partial charge in [-0.15, -0.1) is 0 Å². The minimum atomic E-state index is 0.123. The largest absolute Gasteiger partial charge is 0.384 e. The molecule has 0 fully saturated rings. The van der Waals surface area contributed by atoms with Crippen LogP contribution >= 0.6 is 11.6 Å². The standard InChI is InChI=1S/C14H22ClNO/c1-14(2,3)16-9-12(10-17-4)11-5-7-13(15)8-6-11/h5-8,12,16H,9-10H2,1-4H3. The Morgan fingerprint density at radius 3 is 2.29 bits per heavy atom. The summed E-state index contributed by atoms with van der Waals surface area (Å²) in [5.41, 5.74) is 1.38. The van der Waals surface area contributed by atoms with Gasteiger partial charge in [0.2, 0.25) is 0 Å². The summed E-state index contributed by atoms with van der Waals surface area (Å²) in [6, 6.07) is 7.99. The van der Waals surface area contributed by atoms with Gasteiger partial charge in [-0.25, -0.2) is 0 Å². The van der Waals surface area contributed by atoms with E-state index in [0.717, 1.165) is 11.6 Å². The summed E-state index contributed by atoms with van der Waals surface area (Å²) in [6.07, 6.45) is 0. The van der Waals surface area contributed by atoms with Crippen molar-refractivity contribution >= 4 is 11.6 Å². The fourth-order valence-electron chi connectivity index (χ4n) is 1.64. The van der Waals surface area contributed by atoms with E-state index in [1.54, 1.807) is 7.11 Å². The molecular weight excluding hydrogens is 234 g/mol. The molecule has 0 aliphatic heterocycles. The molecule has 0 amide bonds. The van der Waals surface area contributed by atoms with Crippen LogP contribution in [0, 0.1) is 0 Å². The molecular formula is C14H22ClNO. The monoisotopic (exact) mass is 255 g/mol. The predicted octanol–water partition coefficient (Wildman–Crippen LogP) is 3.46. The van der Waals surface area contributed by atoms with E-state index in [1.807, 2.05) is 12.1 Å². The highest BCUT2D eigenvalue weighted by molar-refractivity contribution is 6.30. The van der Waals surface area contributed by atoms with Crippen molar-refractivity contribution in [3.8, 4) is 0 Å². The van der Waals surface area contributed by atoms with Gasteiger partial charge in [-0.3, -0.25) is 0 Å². The molecule has 0 aliphatic carbocycles. The van der Waals surface area contributed by atoms with Gasteiger partial charge in [-0.1, -0.05) is 23.7 Å². The third-order valence-corrected chi connectivity index (χ3v) is 2.84. The zero-order valence-corrected chi connectivity index (χ0v) is 11.8. The lowest BCUT2D eigenvalue weighted by Gasteiger charge is -2.25. The summed E-state index contributed by atoms with van der Waals surface area (Å²) in [5.74, 6) is 0.358. The van der Waals surface area contributed by atoms with Gasteiger partial charge in [0.25, 0.3) is 0 Å². The lowest BCUT2D eigenvalue weighted by atomic mass is 9.98. The molecule has 0 spiro atoms. The maximum atomic E-state index is 5.90. The van der Waals surface area contributed by atoms with E-state index in [4.69, 9.17) is 16.3 Å². The van der Waals surface area contributed by atoms with Crippen LogP contribution in [0.2, 0.25) is 5.02 Å². The van der Waals surface area contributed by atoms with Crippen LogP contribution < -0.4 is 5.32 Å². The number of ether oxygens (including phenoxy) is 1. The summed E-state index contributed by atoms with van der Waals surface area (Å²) < 4.78 is 5.28. The number of methoxy groups -OCH3 is 1. The Balaban J connectivity index is 2.68. The van der Waals surface area contributed by atoms with Crippen LogP contribution in [-0.4, -0.2) is 25.8 Å². The molecule has 2 nitrogen and oxygen atoms in total. The minimum absolute atomic E-state index is 0.123. The van der Waals surface area contributed by atoms with Gasteiger partial charge in [0.1, 0.15) is 0 Å². The van der Waals surface area contributed by atoms with Gasteiger partial charge in [0.05, 0.1) is 6.61 Å². The molecule has 0 heterocycles. The first-order chi connectivity index (χ1) is 7.92. The molecule has 96 valence electrons. The van der Waals surface area contributed by atoms with Gasteiger partial charge >= 0.3 is 0 Å². The second kappa shape index (κ2) is 6.39. The fraction of sp³-hybridized carbons (Fsp3) is 0.571. The van der Waals surface area contributed by atoms with Crippen molar-refractivity contribution < 1.29 is 4.74 Å². The number of nitrogens with one attached hydrogen (secondary N) is 1. The SMILES string of the molecule is COCC(CNC(C)(C)C)c1ccc(Cl)cc1. The second-order valence-electron chi connectivity index (χ2n) is 5.33. The quantitative estimate of drug-likeness (QED) is 0.870. The Morgan fingerprint density at radius 2 is 1.82 bits per heavy atom. The summed E-state index contributed by atoms with van der Waals surface area (Å²) in [7, 11) is 1.74. The Morgan fingerprint density at radius 1 is 1.24 bits per heavy atom. The number of rotatable bonds is 5. The van der Waals surface area contributed by atoms with E-state index in [0.29, 0.717) is 12.5 Å². The van der Waals surface area contributed by atoms with E-state index in [2.05, 4.69) is 38.2 Å². The first-order valence-electron chi connectivity index (χ1n) is 5.92. The maximum Gasteiger partial charge on any atom is 0.0543 e. The highest BCUT2D eigenvalue weighted by atomic mass is 35.5. The number of hydrogen-bond acceptors (Lipinski definition) is 2. The highest BCUT2D eigenvalue weighted by Crippen LogP contribution is 2.19. The van der Waals surface area contributed by atoms with E-state index in [-0.39, 0.29) is 5.54 Å². The molecule has 0 radical (unpaired) electrons. The van der Waals surface area contributed by atoms with Gasteiger partial charge in [-0.05, 0) is 38.5 Å². The minimum Gasteiger partial charge on any atom is -0.384 e. The number of benzene rings is 1. The van der Waals surface area contributed by atoms with Crippen molar-refractivity contribution in [2.45, 2.75) is 32.2 Å². The van der Waals surface area contributed by atoms with Crippen LogP contribution in [0.4, 0.5) is 0 Å². The molecule has 1 aromatic carbocycles. The van der Waals surface area contributed by atoms with Crippen LogP contribution in [-0.2, 0) is 4.74 Å². The maximum absolute atomic E-state index is 5.90. The van der Waals surface area contributed by atoms with E-state index in [9.17, 15) is 0 Å². The van der Waals surface area contributed by atoms with Crippen LogP contribution in [0.25, 0.3) is 0 Å².